The van der Waals surface area contributed by atoms with Gasteiger partial charge in [-0.1, -0.05) is 37.3 Å². The Morgan fingerprint density at radius 1 is 1.00 bits per heavy atom. The highest BCUT2D eigenvalue weighted by molar-refractivity contribution is 5.81. The van der Waals surface area contributed by atoms with Crippen molar-refractivity contribution in [3.63, 3.8) is 0 Å². The third kappa shape index (κ3) is 5.06. The number of hydrogen-bond acceptors (Lipinski definition) is 5. The molecule has 7 heteroatoms. The maximum absolute atomic E-state index is 12.8. The van der Waals surface area contributed by atoms with Crippen molar-refractivity contribution in [2.75, 3.05) is 59.0 Å². The standard InChI is InChI=1S/C20H30N4O3/c1-16(19(21)17-5-3-2-4-6-17)20(26)24-9-7-23(8-10-24)18(25)15-22-11-13-27-14-12-22/h2-6,16,19H,7-15,21H2,1H3. The number of amides is 2. The average Bonchev–Trinajstić information content (AvgIpc) is 2.73. The van der Waals surface area contributed by atoms with Crippen LogP contribution < -0.4 is 5.73 Å². The monoisotopic (exact) mass is 374 g/mol. The number of rotatable bonds is 5. The molecule has 0 radical (unpaired) electrons. The van der Waals surface area contributed by atoms with Crippen LogP contribution in [0.3, 0.4) is 0 Å². The molecule has 2 unspecified atom stereocenters. The number of hydrogen-bond donors (Lipinski definition) is 1. The minimum Gasteiger partial charge on any atom is -0.379 e. The molecule has 2 atom stereocenters. The van der Waals surface area contributed by atoms with E-state index < -0.39 is 0 Å². The van der Waals surface area contributed by atoms with Crippen molar-refractivity contribution in [3.05, 3.63) is 35.9 Å². The van der Waals surface area contributed by atoms with Gasteiger partial charge in [0.2, 0.25) is 11.8 Å². The molecule has 7 nitrogen and oxygen atoms in total. The zero-order valence-electron chi connectivity index (χ0n) is 16.0. The first-order valence-electron chi connectivity index (χ1n) is 9.73. The van der Waals surface area contributed by atoms with E-state index in [2.05, 4.69) is 4.90 Å². The van der Waals surface area contributed by atoms with E-state index in [0.29, 0.717) is 45.9 Å². The summed E-state index contributed by atoms with van der Waals surface area (Å²) in [4.78, 5) is 31.1. The lowest BCUT2D eigenvalue weighted by molar-refractivity contribution is -0.143. The summed E-state index contributed by atoms with van der Waals surface area (Å²) in [5.74, 6) is -0.0901. The quantitative estimate of drug-likeness (QED) is 0.803. The summed E-state index contributed by atoms with van der Waals surface area (Å²) >= 11 is 0. The molecule has 2 aliphatic heterocycles. The molecule has 2 fully saturated rings. The van der Waals surface area contributed by atoms with Gasteiger partial charge in [0.25, 0.3) is 0 Å². The van der Waals surface area contributed by atoms with Crippen LogP contribution in [0.2, 0.25) is 0 Å². The second kappa shape index (κ2) is 9.30. The van der Waals surface area contributed by atoms with Gasteiger partial charge in [0, 0.05) is 45.3 Å². The number of morpholine rings is 1. The molecule has 2 saturated heterocycles. The molecule has 0 aromatic heterocycles. The molecule has 1 aromatic carbocycles. The minimum atomic E-state index is -0.320. The Hall–Kier alpha value is -1.96. The third-order valence-electron chi connectivity index (χ3n) is 5.52. The SMILES string of the molecule is CC(C(=O)N1CCN(C(=O)CN2CCOCC2)CC1)C(N)c1ccccc1. The smallest absolute Gasteiger partial charge is 0.236 e. The van der Waals surface area contributed by atoms with Crippen molar-refractivity contribution < 1.29 is 14.3 Å². The second-order valence-corrected chi connectivity index (χ2v) is 7.32. The Morgan fingerprint density at radius 2 is 1.59 bits per heavy atom. The summed E-state index contributed by atoms with van der Waals surface area (Å²) in [6.07, 6.45) is 0. The summed E-state index contributed by atoms with van der Waals surface area (Å²) in [7, 11) is 0. The van der Waals surface area contributed by atoms with Gasteiger partial charge in [-0.15, -0.1) is 0 Å². The molecule has 0 spiro atoms. The Morgan fingerprint density at radius 3 is 2.22 bits per heavy atom. The van der Waals surface area contributed by atoms with E-state index in [1.165, 1.54) is 0 Å². The van der Waals surface area contributed by atoms with Crippen LogP contribution in [0.15, 0.2) is 30.3 Å². The number of benzene rings is 1. The van der Waals surface area contributed by atoms with Gasteiger partial charge < -0.3 is 20.3 Å². The van der Waals surface area contributed by atoms with Gasteiger partial charge in [0.1, 0.15) is 0 Å². The fraction of sp³-hybridized carbons (Fsp3) is 0.600. The van der Waals surface area contributed by atoms with Crippen LogP contribution in [0.5, 0.6) is 0 Å². The van der Waals surface area contributed by atoms with E-state index in [9.17, 15) is 9.59 Å². The molecular weight excluding hydrogens is 344 g/mol. The van der Waals surface area contributed by atoms with Crippen LogP contribution >= 0.6 is 0 Å². The topological polar surface area (TPSA) is 79.1 Å². The molecule has 2 amide bonds. The van der Waals surface area contributed by atoms with E-state index >= 15 is 0 Å². The predicted octanol–water partition coefficient (Wildman–Crippen LogP) is 0.326. The van der Waals surface area contributed by atoms with E-state index in [0.717, 1.165) is 18.7 Å². The molecule has 3 rings (SSSR count). The van der Waals surface area contributed by atoms with E-state index in [-0.39, 0.29) is 23.8 Å². The fourth-order valence-electron chi connectivity index (χ4n) is 3.63. The van der Waals surface area contributed by atoms with Gasteiger partial charge in [-0.3, -0.25) is 14.5 Å². The van der Waals surface area contributed by atoms with Crippen molar-refractivity contribution in [3.8, 4) is 0 Å². The van der Waals surface area contributed by atoms with Crippen LogP contribution in [-0.4, -0.2) is 85.5 Å². The highest BCUT2D eigenvalue weighted by atomic mass is 16.5. The predicted molar refractivity (Wildman–Crippen MR) is 103 cm³/mol. The highest BCUT2D eigenvalue weighted by Gasteiger charge is 2.30. The van der Waals surface area contributed by atoms with E-state index in [4.69, 9.17) is 10.5 Å². The first-order valence-corrected chi connectivity index (χ1v) is 9.73. The maximum Gasteiger partial charge on any atom is 0.236 e. The Balaban J connectivity index is 1.47. The Labute approximate surface area is 161 Å². The first kappa shape index (κ1) is 19.8. The molecule has 2 N–H and O–H groups in total. The van der Waals surface area contributed by atoms with Gasteiger partial charge in [-0.05, 0) is 5.56 Å². The number of carbonyl (C=O) groups is 2. The number of nitrogens with two attached hydrogens (primary N) is 1. The fourth-order valence-corrected chi connectivity index (χ4v) is 3.63. The van der Waals surface area contributed by atoms with Crippen molar-refractivity contribution in [2.45, 2.75) is 13.0 Å². The molecule has 2 aliphatic rings. The normalized spacial score (nSPS) is 21.0. The van der Waals surface area contributed by atoms with Crippen LogP contribution in [0.25, 0.3) is 0 Å². The highest BCUT2D eigenvalue weighted by Crippen LogP contribution is 2.21. The number of nitrogens with zero attached hydrogens (tertiary/aromatic N) is 3. The number of piperazine rings is 1. The molecule has 148 valence electrons. The molecule has 0 bridgehead atoms. The van der Waals surface area contributed by atoms with Gasteiger partial charge in [-0.25, -0.2) is 0 Å². The zero-order chi connectivity index (χ0) is 19.2. The lowest BCUT2D eigenvalue weighted by Crippen LogP contribution is -2.54. The van der Waals surface area contributed by atoms with Crippen LogP contribution in [0, 0.1) is 5.92 Å². The van der Waals surface area contributed by atoms with E-state index in [1.807, 2.05) is 47.1 Å². The molecular formula is C20H30N4O3. The summed E-state index contributed by atoms with van der Waals surface area (Å²) in [6, 6.07) is 9.40. The van der Waals surface area contributed by atoms with Gasteiger partial charge in [0.15, 0.2) is 0 Å². The molecule has 0 aliphatic carbocycles. The van der Waals surface area contributed by atoms with Gasteiger partial charge in [-0.2, -0.15) is 0 Å². The average molecular weight is 374 g/mol. The minimum absolute atomic E-state index is 0.0617. The molecule has 0 saturated carbocycles. The molecule has 27 heavy (non-hydrogen) atoms. The maximum atomic E-state index is 12.8. The van der Waals surface area contributed by atoms with E-state index in [1.54, 1.807) is 0 Å². The van der Waals surface area contributed by atoms with Crippen LogP contribution in [0.1, 0.15) is 18.5 Å². The van der Waals surface area contributed by atoms with Crippen molar-refractivity contribution in [1.82, 2.24) is 14.7 Å². The molecule has 2 heterocycles. The van der Waals surface area contributed by atoms with Crippen LogP contribution in [0.4, 0.5) is 0 Å². The van der Waals surface area contributed by atoms with Gasteiger partial charge in [0.05, 0.1) is 25.7 Å². The lowest BCUT2D eigenvalue weighted by atomic mass is 9.94. The van der Waals surface area contributed by atoms with Crippen molar-refractivity contribution >= 4 is 11.8 Å². The largest absolute Gasteiger partial charge is 0.379 e. The lowest BCUT2D eigenvalue weighted by Gasteiger charge is -2.38. The van der Waals surface area contributed by atoms with Crippen LogP contribution in [-0.2, 0) is 14.3 Å². The van der Waals surface area contributed by atoms with Crippen molar-refractivity contribution in [1.29, 1.82) is 0 Å². The Kier molecular flexibility index (Phi) is 6.82. The first-order chi connectivity index (χ1) is 13.1. The summed E-state index contributed by atoms with van der Waals surface area (Å²) < 4.78 is 5.32. The second-order valence-electron chi connectivity index (χ2n) is 7.32. The molecule has 1 aromatic rings. The number of ether oxygens (including phenoxy) is 1. The summed E-state index contributed by atoms with van der Waals surface area (Å²) in [5.41, 5.74) is 7.27. The zero-order valence-corrected chi connectivity index (χ0v) is 16.0. The van der Waals surface area contributed by atoms with Gasteiger partial charge >= 0.3 is 0 Å². The summed E-state index contributed by atoms with van der Waals surface area (Å²) in [5, 5.41) is 0. The van der Waals surface area contributed by atoms with Crippen molar-refractivity contribution in [2.24, 2.45) is 11.7 Å². The Bertz CT molecular complexity index is 625. The number of carbonyl (C=O) groups excluding carboxylic acids is 2. The third-order valence-corrected chi connectivity index (χ3v) is 5.52. The summed E-state index contributed by atoms with van der Waals surface area (Å²) in [6.45, 7) is 7.62.